The quantitative estimate of drug-likeness (QED) is 0.523. The molecule has 0 unspecified atom stereocenters. The van der Waals surface area contributed by atoms with E-state index in [4.69, 9.17) is 0 Å². The lowest BCUT2D eigenvalue weighted by Crippen LogP contribution is -2.19. The molecule has 3 rings (SSSR count). The van der Waals surface area contributed by atoms with Crippen molar-refractivity contribution in [3.05, 3.63) is 63.0 Å². The summed E-state index contributed by atoms with van der Waals surface area (Å²) in [7, 11) is 0. The van der Waals surface area contributed by atoms with Gasteiger partial charge < -0.3 is 0 Å². The second kappa shape index (κ2) is 6.07. The summed E-state index contributed by atoms with van der Waals surface area (Å²) in [5.74, 6) is 0.104. The van der Waals surface area contributed by atoms with E-state index in [1.807, 2.05) is 30.3 Å². The number of rotatable bonds is 5. The molecule has 0 bridgehead atoms. The average Bonchev–Trinajstić information content (AvgIpc) is 3.19. The van der Waals surface area contributed by atoms with Gasteiger partial charge in [-0.15, -0.1) is 0 Å². The lowest BCUT2D eigenvalue weighted by atomic mass is 10.1. The summed E-state index contributed by atoms with van der Waals surface area (Å²) in [6.07, 6.45) is 2.26. The van der Waals surface area contributed by atoms with E-state index in [2.05, 4.69) is 10.5 Å². The third-order valence-electron chi connectivity index (χ3n) is 3.51. The van der Waals surface area contributed by atoms with Crippen molar-refractivity contribution in [3.63, 3.8) is 0 Å². The van der Waals surface area contributed by atoms with Crippen LogP contribution in [0, 0.1) is 16.0 Å². The van der Waals surface area contributed by atoms with Crippen LogP contribution < -0.4 is 5.43 Å². The normalized spacial score (nSPS) is 20.0. The highest BCUT2D eigenvalue weighted by Crippen LogP contribution is 2.47. The number of nitrogens with zero attached hydrogens (tertiary/aromatic N) is 2. The SMILES string of the molecule is O=C(NN=Cc1ccc([N+](=O)[O-])s1)[C@@H]1C[C@@H]1c1ccccc1. The van der Waals surface area contributed by atoms with Crippen LogP contribution in [-0.2, 0) is 4.79 Å². The summed E-state index contributed by atoms with van der Waals surface area (Å²) in [5, 5.41) is 14.5. The first-order chi connectivity index (χ1) is 10.6. The van der Waals surface area contributed by atoms with Crippen molar-refractivity contribution in [2.24, 2.45) is 11.0 Å². The lowest BCUT2D eigenvalue weighted by Gasteiger charge is -1.99. The van der Waals surface area contributed by atoms with Crippen molar-refractivity contribution in [1.29, 1.82) is 0 Å². The number of nitro groups is 1. The van der Waals surface area contributed by atoms with E-state index in [1.54, 1.807) is 6.07 Å². The van der Waals surface area contributed by atoms with Crippen molar-refractivity contribution in [2.45, 2.75) is 12.3 Å². The molecule has 7 heteroatoms. The first-order valence-electron chi connectivity index (χ1n) is 6.77. The van der Waals surface area contributed by atoms with E-state index in [0.29, 0.717) is 4.88 Å². The molecule has 1 aliphatic carbocycles. The van der Waals surface area contributed by atoms with Crippen LogP contribution in [0.5, 0.6) is 0 Å². The molecule has 0 spiro atoms. The molecule has 1 fully saturated rings. The summed E-state index contributed by atoms with van der Waals surface area (Å²) in [5.41, 5.74) is 3.67. The summed E-state index contributed by atoms with van der Waals surface area (Å²) in [6.45, 7) is 0. The number of carbonyl (C=O) groups excluding carboxylic acids is 1. The number of benzene rings is 1. The van der Waals surface area contributed by atoms with Crippen LogP contribution in [-0.4, -0.2) is 17.0 Å². The number of hydrogen-bond acceptors (Lipinski definition) is 5. The Hall–Kier alpha value is -2.54. The van der Waals surface area contributed by atoms with Crippen LogP contribution in [0.4, 0.5) is 5.00 Å². The smallest absolute Gasteiger partial charge is 0.273 e. The number of hydrazone groups is 1. The maximum atomic E-state index is 12.0. The molecule has 1 heterocycles. The van der Waals surface area contributed by atoms with Crippen molar-refractivity contribution >= 4 is 28.5 Å². The monoisotopic (exact) mass is 315 g/mol. The zero-order chi connectivity index (χ0) is 15.5. The molecule has 22 heavy (non-hydrogen) atoms. The molecular weight excluding hydrogens is 302 g/mol. The fourth-order valence-corrected chi connectivity index (χ4v) is 3.00. The van der Waals surface area contributed by atoms with Gasteiger partial charge in [0, 0.05) is 12.0 Å². The minimum atomic E-state index is -0.449. The topological polar surface area (TPSA) is 84.6 Å². The molecule has 2 atom stereocenters. The molecule has 1 N–H and O–H groups in total. The minimum Gasteiger partial charge on any atom is -0.273 e. The Kier molecular flexibility index (Phi) is 3.97. The molecule has 0 saturated heterocycles. The second-order valence-electron chi connectivity index (χ2n) is 5.03. The van der Waals surface area contributed by atoms with Crippen molar-refractivity contribution < 1.29 is 9.72 Å². The summed E-state index contributed by atoms with van der Waals surface area (Å²) >= 11 is 1.01. The molecule has 6 nitrogen and oxygen atoms in total. The minimum absolute atomic E-state index is 0.0442. The van der Waals surface area contributed by atoms with Gasteiger partial charge in [-0.05, 0) is 24.0 Å². The molecule has 1 amide bonds. The maximum absolute atomic E-state index is 12.0. The van der Waals surface area contributed by atoms with E-state index in [0.717, 1.165) is 17.8 Å². The molecule has 1 saturated carbocycles. The van der Waals surface area contributed by atoms with Gasteiger partial charge in [0.1, 0.15) is 0 Å². The van der Waals surface area contributed by atoms with Gasteiger partial charge in [0.15, 0.2) is 0 Å². The Bertz CT molecular complexity index is 727. The van der Waals surface area contributed by atoms with Gasteiger partial charge in [-0.2, -0.15) is 5.10 Å². The van der Waals surface area contributed by atoms with E-state index in [1.165, 1.54) is 17.8 Å². The first kappa shape index (κ1) is 14.4. The summed E-state index contributed by atoms with van der Waals surface area (Å²) in [6, 6.07) is 12.9. The largest absolute Gasteiger partial charge is 0.324 e. The highest BCUT2D eigenvalue weighted by atomic mass is 32.1. The van der Waals surface area contributed by atoms with Crippen molar-refractivity contribution in [3.8, 4) is 0 Å². The Morgan fingerprint density at radius 3 is 2.77 bits per heavy atom. The molecule has 0 aliphatic heterocycles. The number of amides is 1. The Labute approximate surface area is 130 Å². The van der Waals surface area contributed by atoms with Crippen LogP contribution in [0.2, 0.25) is 0 Å². The average molecular weight is 315 g/mol. The molecule has 1 aliphatic rings. The first-order valence-corrected chi connectivity index (χ1v) is 7.59. The molecule has 1 aromatic carbocycles. The fourth-order valence-electron chi connectivity index (χ4n) is 2.31. The Morgan fingerprint density at radius 2 is 2.09 bits per heavy atom. The lowest BCUT2D eigenvalue weighted by molar-refractivity contribution is -0.380. The number of nitrogens with one attached hydrogen (secondary N) is 1. The third-order valence-corrected chi connectivity index (χ3v) is 4.49. The predicted molar refractivity (Wildman–Crippen MR) is 84.0 cm³/mol. The number of hydrogen-bond donors (Lipinski definition) is 1. The predicted octanol–water partition coefficient (Wildman–Crippen LogP) is 2.91. The van der Waals surface area contributed by atoms with Gasteiger partial charge in [-0.3, -0.25) is 14.9 Å². The van der Waals surface area contributed by atoms with Crippen LogP contribution in [0.3, 0.4) is 0 Å². The van der Waals surface area contributed by atoms with Crippen LogP contribution in [0.15, 0.2) is 47.6 Å². The van der Waals surface area contributed by atoms with Crippen LogP contribution in [0.1, 0.15) is 22.8 Å². The van der Waals surface area contributed by atoms with Gasteiger partial charge >= 0.3 is 5.00 Å². The third kappa shape index (κ3) is 3.20. The molecule has 1 aromatic heterocycles. The van der Waals surface area contributed by atoms with Gasteiger partial charge in [0.2, 0.25) is 5.91 Å². The van der Waals surface area contributed by atoms with E-state index < -0.39 is 4.92 Å². The van der Waals surface area contributed by atoms with Gasteiger partial charge in [0.05, 0.1) is 16.0 Å². The molecule has 112 valence electrons. The Morgan fingerprint density at radius 1 is 1.32 bits per heavy atom. The molecular formula is C15H13N3O3S. The number of thiophene rings is 1. The summed E-state index contributed by atoms with van der Waals surface area (Å²) in [4.78, 5) is 22.7. The second-order valence-corrected chi connectivity index (χ2v) is 6.12. The van der Waals surface area contributed by atoms with Crippen molar-refractivity contribution in [1.82, 2.24) is 5.43 Å². The van der Waals surface area contributed by atoms with Crippen LogP contribution >= 0.6 is 11.3 Å². The van der Waals surface area contributed by atoms with E-state index in [-0.39, 0.29) is 22.7 Å². The van der Waals surface area contributed by atoms with E-state index in [9.17, 15) is 14.9 Å². The summed E-state index contributed by atoms with van der Waals surface area (Å²) < 4.78 is 0. The standard InChI is InChI=1S/C15H13N3O3S/c19-15(13-8-12(13)10-4-2-1-3-5-10)17-16-9-11-6-7-14(22-11)18(20)21/h1-7,9,12-13H,8H2,(H,17,19)/t12-,13-/m1/s1. The molecule has 0 radical (unpaired) electrons. The van der Waals surface area contributed by atoms with E-state index >= 15 is 0 Å². The van der Waals surface area contributed by atoms with Crippen molar-refractivity contribution in [2.75, 3.05) is 0 Å². The van der Waals surface area contributed by atoms with Crippen LogP contribution in [0.25, 0.3) is 0 Å². The zero-order valence-corrected chi connectivity index (χ0v) is 12.3. The highest BCUT2D eigenvalue weighted by Gasteiger charge is 2.43. The van der Waals surface area contributed by atoms with Gasteiger partial charge in [-0.1, -0.05) is 41.7 Å². The Balaban J connectivity index is 1.53. The zero-order valence-electron chi connectivity index (χ0n) is 11.5. The van der Waals surface area contributed by atoms with Gasteiger partial charge in [0.25, 0.3) is 0 Å². The highest BCUT2D eigenvalue weighted by molar-refractivity contribution is 7.16. The fraction of sp³-hybridized carbons (Fsp3) is 0.200. The number of carbonyl (C=O) groups is 1. The molecule has 2 aromatic rings. The maximum Gasteiger partial charge on any atom is 0.324 e. The van der Waals surface area contributed by atoms with Gasteiger partial charge in [-0.25, -0.2) is 5.43 Å².